The van der Waals surface area contributed by atoms with E-state index < -0.39 is 11.7 Å². The van der Waals surface area contributed by atoms with E-state index in [0.29, 0.717) is 19.4 Å². The lowest BCUT2D eigenvalue weighted by Gasteiger charge is -2.11. The van der Waals surface area contributed by atoms with Crippen LogP contribution in [0.4, 0.5) is 18.9 Å². The van der Waals surface area contributed by atoms with Crippen molar-refractivity contribution in [3.05, 3.63) is 28.8 Å². The van der Waals surface area contributed by atoms with Gasteiger partial charge >= 0.3 is 6.18 Å². The van der Waals surface area contributed by atoms with Crippen molar-refractivity contribution in [2.45, 2.75) is 25.4 Å². The molecule has 3 nitrogen and oxygen atoms in total. The molecule has 1 aromatic carbocycles. The number of carbonyl (C=O) groups is 1. The van der Waals surface area contributed by atoms with Gasteiger partial charge in [0.2, 0.25) is 5.91 Å². The number of anilines is 1. The Kier molecular flexibility index (Phi) is 5.62. The fraction of sp³-hybridized carbons (Fsp3) is 0.417. The van der Waals surface area contributed by atoms with Crippen LogP contribution in [0.15, 0.2) is 18.2 Å². The van der Waals surface area contributed by atoms with Crippen LogP contribution in [0.5, 0.6) is 0 Å². The summed E-state index contributed by atoms with van der Waals surface area (Å²) in [6.45, 7) is 0.475. The highest BCUT2D eigenvalue weighted by Gasteiger charge is 2.31. The number of halogens is 4. The highest BCUT2D eigenvalue weighted by molar-refractivity contribution is 6.31. The summed E-state index contributed by atoms with van der Waals surface area (Å²) in [5.74, 6) is -0.358. The van der Waals surface area contributed by atoms with Gasteiger partial charge in [-0.2, -0.15) is 13.2 Å². The normalized spacial score (nSPS) is 11.4. The van der Waals surface area contributed by atoms with Crippen LogP contribution in [0.1, 0.15) is 24.8 Å². The number of benzene rings is 1. The first-order chi connectivity index (χ1) is 8.82. The van der Waals surface area contributed by atoms with E-state index in [2.05, 4.69) is 5.32 Å². The Bertz CT molecular complexity index is 449. The molecule has 0 aromatic heterocycles. The highest BCUT2D eigenvalue weighted by atomic mass is 35.5. The van der Waals surface area contributed by atoms with Gasteiger partial charge in [0, 0.05) is 17.1 Å². The molecule has 0 saturated heterocycles. The summed E-state index contributed by atoms with van der Waals surface area (Å²) < 4.78 is 37.6. The Balaban J connectivity index is 2.73. The number of nitrogens with two attached hydrogens (primary N) is 1. The SMILES string of the molecule is NCCCCC(=O)Nc1cc(Cl)cc(C(F)(F)F)c1. The fourth-order valence-electron chi connectivity index (χ4n) is 1.48. The number of carbonyl (C=O) groups excluding carboxylic acids is 1. The fourth-order valence-corrected chi connectivity index (χ4v) is 1.71. The number of unbranched alkanes of at least 4 members (excludes halogenated alkanes) is 1. The van der Waals surface area contributed by atoms with E-state index >= 15 is 0 Å². The van der Waals surface area contributed by atoms with Crippen molar-refractivity contribution in [3.63, 3.8) is 0 Å². The van der Waals surface area contributed by atoms with E-state index in [1.165, 1.54) is 6.07 Å². The van der Waals surface area contributed by atoms with E-state index in [0.717, 1.165) is 12.1 Å². The molecule has 19 heavy (non-hydrogen) atoms. The minimum absolute atomic E-state index is 0.0394. The predicted molar refractivity (Wildman–Crippen MR) is 68.0 cm³/mol. The summed E-state index contributed by atoms with van der Waals surface area (Å²) in [4.78, 5) is 11.5. The molecule has 1 amide bonds. The molecule has 106 valence electrons. The van der Waals surface area contributed by atoms with Gasteiger partial charge in [-0.05, 0) is 37.6 Å². The van der Waals surface area contributed by atoms with Crippen molar-refractivity contribution in [1.29, 1.82) is 0 Å². The van der Waals surface area contributed by atoms with Crippen LogP contribution in [-0.4, -0.2) is 12.5 Å². The largest absolute Gasteiger partial charge is 0.416 e. The van der Waals surface area contributed by atoms with Crippen molar-refractivity contribution in [1.82, 2.24) is 0 Å². The number of rotatable bonds is 5. The number of nitrogens with one attached hydrogen (secondary N) is 1. The van der Waals surface area contributed by atoms with Gasteiger partial charge in [0.1, 0.15) is 0 Å². The summed E-state index contributed by atoms with van der Waals surface area (Å²) in [5, 5.41) is 2.31. The van der Waals surface area contributed by atoms with Crippen molar-refractivity contribution in [3.8, 4) is 0 Å². The summed E-state index contributed by atoms with van der Waals surface area (Å²) in [7, 11) is 0. The Hall–Kier alpha value is -1.27. The lowest BCUT2D eigenvalue weighted by molar-refractivity contribution is -0.137. The zero-order valence-electron chi connectivity index (χ0n) is 10.1. The minimum Gasteiger partial charge on any atom is -0.330 e. The second-order valence-electron chi connectivity index (χ2n) is 4.02. The third-order valence-electron chi connectivity index (χ3n) is 2.37. The number of hydrogen-bond acceptors (Lipinski definition) is 2. The molecule has 0 fully saturated rings. The average Bonchev–Trinajstić information content (AvgIpc) is 2.27. The molecule has 0 bridgehead atoms. The molecule has 0 saturated carbocycles. The van der Waals surface area contributed by atoms with Gasteiger partial charge < -0.3 is 11.1 Å². The first-order valence-corrected chi connectivity index (χ1v) is 6.08. The van der Waals surface area contributed by atoms with Gasteiger partial charge in [-0.25, -0.2) is 0 Å². The molecule has 0 atom stereocenters. The monoisotopic (exact) mass is 294 g/mol. The van der Waals surface area contributed by atoms with Crippen molar-refractivity contribution < 1.29 is 18.0 Å². The zero-order chi connectivity index (χ0) is 14.5. The van der Waals surface area contributed by atoms with Gasteiger partial charge in [-0.15, -0.1) is 0 Å². The van der Waals surface area contributed by atoms with Gasteiger partial charge in [0.15, 0.2) is 0 Å². The topological polar surface area (TPSA) is 55.1 Å². The summed E-state index contributed by atoms with van der Waals surface area (Å²) in [6.07, 6.45) is -3.00. The Morgan fingerprint density at radius 3 is 2.53 bits per heavy atom. The van der Waals surface area contributed by atoms with Crippen LogP contribution < -0.4 is 11.1 Å². The standard InChI is InChI=1S/C12H14ClF3N2O/c13-9-5-8(12(14,15)16)6-10(7-9)18-11(19)3-1-2-4-17/h5-7H,1-4,17H2,(H,18,19). The molecule has 3 N–H and O–H groups in total. The van der Waals surface area contributed by atoms with Crippen LogP contribution in [-0.2, 0) is 11.0 Å². The second-order valence-corrected chi connectivity index (χ2v) is 4.46. The maximum absolute atomic E-state index is 12.5. The Morgan fingerprint density at radius 1 is 1.26 bits per heavy atom. The van der Waals surface area contributed by atoms with Crippen molar-refractivity contribution in [2.75, 3.05) is 11.9 Å². The van der Waals surface area contributed by atoms with Crippen molar-refractivity contribution >= 4 is 23.2 Å². The number of alkyl halides is 3. The summed E-state index contributed by atoms with van der Waals surface area (Å²) >= 11 is 5.60. The molecule has 0 heterocycles. The van der Waals surface area contributed by atoms with E-state index in [1.807, 2.05) is 0 Å². The lowest BCUT2D eigenvalue weighted by atomic mass is 10.2. The first-order valence-electron chi connectivity index (χ1n) is 5.70. The summed E-state index contributed by atoms with van der Waals surface area (Å²) in [6, 6.07) is 2.94. The van der Waals surface area contributed by atoms with Gasteiger partial charge in [-0.3, -0.25) is 4.79 Å². The van der Waals surface area contributed by atoms with Crippen LogP contribution in [0, 0.1) is 0 Å². The third-order valence-corrected chi connectivity index (χ3v) is 2.59. The van der Waals surface area contributed by atoms with Gasteiger partial charge in [-0.1, -0.05) is 11.6 Å². The lowest BCUT2D eigenvalue weighted by Crippen LogP contribution is -2.13. The highest BCUT2D eigenvalue weighted by Crippen LogP contribution is 2.33. The molecular weight excluding hydrogens is 281 g/mol. The van der Waals surface area contributed by atoms with Gasteiger partial charge in [0.25, 0.3) is 0 Å². The molecule has 0 aliphatic heterocycles. The minimum atomic E-state index is -4.50. The summed E-state index contributed by atoms with van der Waals surface area (Å²) in [5.41, 5.74) is 4.43. The Morgan fingerprint density at radius 2 is 1.95 bits per heavy atom. The molecule has 1 aromatic rings. The maximum atomic E-state index is 12.5. The second kappa shape index (κ2) is 6.77. The van der Waals surface area contributed by atoms with E-state index in [4.69, 9.17) is 17.3 Å². The Labute approximate surface area is 113 Å². The molecule has 0 aliphatic carbocycles. The van der Waals surface area contributed by atoms with Crippen LogP contribution >= 0.6 is 11.6 Å². The molecule has 0 unspecified atom stereocenters. The van der Waals surface area contributed by atoms with Crippen molar-refractivity contribution in [2.24, 2.45) is 5.73 Å². The molecule has 0 spiro atoms. The van der Waals surface area contributed by atoms with Crippen LogP contribution in [0.2, 0.25) is 5.02 Å². The third kappa shape index (κ3) is 5.48. The van der Waals surface area contributed by atoms with Gasteiger partial charge in [0.05, 0.1) is 5.56 Å². The molecule has 0 radical (unpaired) electrons. The number of hydrogen-bond donors (Lipinski definition) is 2. The molecule has 1 rings (SSSR count). The average molecular weight is 295 g/mol. The van der Waals surface area contributed by atoms with Crippen LogP contribution in [0.25, 0.3) is 0 Å². The molecular formula is C12H14ClF3N2O. The zero-order valence-corrected chi connectivity index (χ0v) is 10.8. The first kappa shape index (κ1) is 15.8. The molecule has 7 heteroatoms. The number of amides is 1. The van der Waals surface area contributed by atoms with Crippen LogP contribution in [0.3, 0.4) is 0 Å². The quantitative estimate of drug-likeness (QED) is 0.818. The predicted octanol–water partition coefficient (Wildman–Crippen LogP) is 3.43. The van der Waals surface area contributed by atoms with E-state index in [9.17, 15) is 18.0 Å². The molecule has 0 aliphatic rings. The maximum Gasteiger partial charge on any atom is 0.416 e. The van der Waals surface area contributed by atoms with E-state index in [1.54, 1.807) is 0 Å². The van der Waals surface area contributed by atoms with E-state index in [-0.39, 0.29) is 23.0 Å². The smallest absolute Gasteiger partial charge is 0.330 e.